The standard InChI is InChI=1S/C17H29NO3/c1-2-21-17(20)15(14-10-6-5-7-11-14)16(19)18-12-8-3-4-9-13-18/h14-15H,2-13H2,1H3/t15-/m0/s1. The van der Waals surface area contributed by atoms with Crippen LogP contribution in [0.4, 0.5) is 0 Å². The van der Waals surface area contributed by atoms with Crippen molar-refractivity contribution < 1.29 is 14.3 Å². The Morgan fingerprint density at radius 3 is 2.14 bits per heavy atom. The van der Waals surface area contributed by atoms with Gasteiger partial charge in [-0.1, -0.05) is 32.1 Å². The maximum Gasteiger partial charge on any atom is 0.318 e. The zero-order valence-corrected chi connectivity index (χ0v) is 13.3. The van der Waals surface area contributed by atoms with Gasteiger partial charge < -0.3 is 9.64 Å². The summed E-state index contributed by atoms with van der Waals surface area (Å²) in [6.07, 6.45) is 9.98. The zero-order valence-electron chi connectivity index (χ0n) is 13.3. The Labute approximate surface area is 128 Å². The number of likely N-dealkylation sites (tertiary alicyclic amines) is 1. The molecule has 120 valence electrons. The van der Waals surface area contributed by atoms with E-state index in [4.69, 9.17) is 4.74 Å². The summed E-state index contributed by atoms with van der Waals surface area (Å²) in [7, 11) is 0. The molecule has 2 rings (SSSR count). The first kappa shape index (κ1) is 16.3. The minimum atomic E-state index is -0.552. The third-order valence-electron chi connectivity index (χ3n) is 4.85. The fraction of sp³-hybridized carbons (Fsp3) is 0.882. The first-order valence-electron chi connectivity index (χ1n) is 8.69. The molecule has 0 spiro atoms. The lowest BCUT2D eigenvalue weighted by molar-refractivity contribution is -0.158. The molecule has 1 aliphatic carbocycles. The lowest BCUT2D eigenvalue weighted by atomic mass is 9.79. The van der Waals surface area contributed by atoms with Gasteiger partial charge in [0.25, 0.3) is 0 Å². The van der Waals surface area contributed by atoms with Crippen LogP contribution in [-0.4, -0.2) is 36.5 Å². The third kappa shape index (κ3) is 4.45. The SMILES string of the molecule is CCOC(=O)[C@H](C(=O)N1CCCCCC1)C1CCCCC1. The molecule has 4 nitrogen and oxygen atoms in total. The molecule has 0 aromatic rings. The Balaban J connectivity index is 2.08. The average Bonchev–Trinajstić information content (AvgIpc) is 2.78. The Hall–Kier alpha value is -1.06. The number of nitrogens with zero attached hydrogens (tertiary/aromatic N) is 1. The third-order valence-corrected chi connectivity index (χ3v) is 4.85. The predicted molar refractivity (Wildman–Crippen MR) is 81.7 cm³/mol. The fourth-order valence-electron chi connectivity index (χ4n) is 3.68. The van der Waals surface area contributed by atoms with E-state index in [0.717, 1.165) is 51.6 Å². The minimum absolute atomic E-state index is 0.0299. The lowest BCUT2D eigenvalue weighted by Gasteiger charge is -2.32. The van der Waals surface area contributed by atoms with E-state index in [9.17, 15) is 9.59 Å². The van der Waals surface area contributed by atoms with Crippen LogP contribution in [0.15, 0.2) is 0 Å². The highest BCUT2D eigenvalue weighted by molar-refractivity contribution is 5.98. The van der Waals surface area contributed by atoms with Gasteiger partial charge in [0.1, 0.15) is 5.92 Å². The molecule has 4 heteroatoms. The minimum Gasteiger partial charge on any atom is -0.465 e. The number of hydrogen-bond acceptors (Lipinski definition) is 3. The molecule has 1 saturated heterocycles. The number of esters is 1. The molecule has 1 aliphatic heterocycles. The topological polar surface area (TPSA) is 46.6 Å². The summed E-state index contributed by atoms with van der Waals surface area (Å²) >= 11 is 0. The lowest BCUT2D eigenvalue weighted by Crippen LogP contribution is -2.44. The smallest absolute Gasteiger partial charge is 0.318 e. The van der Waals surface area contributed by atoms with Crippen LogP contribution < -0.4 is 0 Å². The molecular weight excluding hydrogens is 266 g/mol. The van der Waals surface area contributed by atoms with Gasteiger partial charge >= 0.3 is 5.97 Å². The molecule has 1 saturated carbocycles. The van der Waals surface area contributed by atoms with Gasteiger partial charge in [-0.05, 0) is 38.5 Å². The molecule has 0 unspecified atom stereocenters. The average molecular weight is 295 g/mol. The normalized spacial score (nSPS) is 22.4. The second kappa shape index (κ2) is 8.40. The number of rotatable bonds is 4. The molecule has 0 aromatic carbocycles. The maximum absolute atomic E-state index is 12.9. The number of carbonyl (C=O) groups is 2. The van der Waals surface area contributed by atoms with Crippen molar-refractivity contribution in [2.24, 2.45) is 11.8 Å². The summed E-state index contributed by atoms with van der Waals surface area (Å²) in [4.78, 5) is 27.2. The van der Waals surface area contributed by atoms with E-state index in [-0.39, 0.29) is 17.8 Å². The van der Waals surface area contributed by atoms with Gasteiger partial charge in [0.15, 0.2) is 0 Å². The van der Waals surface area contributed by atoms with Crippen LogP contribution in [0, 0.1) is 11.8 Å². The van der Waals surface area contributed by atoms with Crippen LogP contribution in [0.5, 0.6) is 0 Å². The van der Waals surface area contributed by atoms with Crippen LogP contribution in [0.25, 0.3) is 0 Å². The highest BCUT2D eigenvalue weighted by atomic mass is 16.5. The number of amides is 1. The largest absolute Gasteiger partial charge is 0.465 e. The van der Waals surface area contributed by atoms with Gasteiger partial charge in [-0.3, -0.25) is 9.59 Å². The molecule has 21 heavy (non-hydrogen) atoms. The Morgan fingerprint density at radius 1 is 1.00 bits per heavy atom. The van der Waals surface area contributed by atoms with E-state index in [1.165, 1.54) is 19.3 Å². The van der Waals surface area contributed by atoms with Crippen molar-refractivity contribution >= 4 is 11.9 Å². The maximum atomic E-state index is 12.9. The summed E-state index contributed by atoms with van der Waals surface area (Å²) < 4.78 is 5.21. The quantitative estimate of drug-likeness (QED) is 0.591. The first-order valence-corrected chi connectivity index (χ1v) is 8.69. The van der Waals surface area contributed by atoms with E-state index in [0.29, 0.717) is 6.61 Å². The molecule has 1 heterocycles. The van der Waals surface area contributed by atoms with E-state index in [1.54, 1.807) is 0 Å². The van der Waals surface area contributed by atoms with Crippen LogP contribution in [-0.2, 0) is 14.3 Å². The molecule has 1 atom stereocenters. The second-order valence-corrected chi connectivity index (χ2v) is 6.37. The molecule has 1 amide bonds. The summed E-state index contributed by atoms with van der Waals surface area (Å²) in [5.41, 5.74) is 0. The summed E-state index contributed by atoms with van der Waals surface area (Å²) in [6, 6.07) is 0. The highest BCUT2D eigenvalue weighted by Gasteiger charge is 2.39. The molecule has 0 radical (unpaired) electrons. The molecule has 2 fully saturated rings. The van der Waals surface area contributed by atoms with Crippen molar-refractivity contribution in [1.29, 1.82) is 0 Å². The molecule has 0 aromatic heterocycles. The molecule has 2 aliphatic rings. The van der Waals surface area contributed by atoms with Crippen LogP contribution >= 0.6 is 0 Å². The van der Waals surface area contributed by atoms with Gasteiger partial charge in [-0.25, -0.2) is 0 Å². The van der Waals surface area contributed by atoms with E-state index < -0.39 is 5.92 Å². The fourth-order valence-corrected chi connectivity index (χ4v) is 3.68. The number of ether oxygens (including phenoxy) is 1. The Bertz CT molecular complexity index is 342. The van der Waals surface area contributed by atoms with Gasteiger partial charge in [0.05, 0.1) is 6.61 Å². The van der Waals surface area contributed by atoms with E-state index in [1.807, 2.05) is 11.8 Å². The van der Waals surface area contributed by atoms with Crippen molar-refractivity contribution in [2.75, 3.05) is 19.7 Å². The van der Waals surface area contributed by atoms with Gasteiger partial charge in [0.2, 0.25) is 5.91 Å². The Kier molecular flexibility index (Phi) is 6.52. The zero-order chi connectivity index (χ0) is 15.1. The van der Waals surface area contributed by atoms with E-state index >= 15 is 0 Å². The number of hydrogen-bond donors (Lipinski definition) is 0. The second-order valence-electron chi connectivity index (χ2n) is 6.37. The summed E-state index contributed by atoms with van der Waals surface area (Å²) in [6.45, 7) is 3.78. The van der Waals surface area contributed by atoms with Gasteiger partial charge in [-0.2, -0.15) is 0 Å². The van der Waals surface area contributed by atoms with Crippen molar-refractivity contribution in [2.45, 2.75) is 64.7 Å². The monoisotopic (exact) mass is 295 g/mol. The van der Waals surface area contributed by atoms with E-state index in [2.05, 4.69) is 0 Å². The van der Waals surface area contributed by atoms with Crippen LogP contribution in [0.3, 0.4) is 0 Å². The predicted octanol–water partition coefficient (Wildman–Crippen LogP) is 3.15. The van der Waals surface area contributed by atoms with Gasteiger partial charge in [0, 0.05) is 13.1 Å². The first-order chi connectivity index (χ1) is 10.2. The molecule has 0 bridgehead atoms. The highest BCUT2D eigenvalue weighted by Crippen LogP contribution is 2.32. The van der Waals surface area contributed by atoms with Crippen molar-refractivity contribution in [1.82, 2.24) is 4.90 Å². The van der Waals surface area contributed by atoms with Gasteiger partial charge in [-0.15, -0.1) is 0 Å². The molecular formula is C17H29NO3. The molecule has 0 N–H and O–H groups in total. The van der Waals surface area contributed by atoms with Crippen LogP contribution in [0.2, 0.25) is 0 Å². The van der Waals surface area contributed by atoms with Crippen molar-refractivity contribution in [3.8, 4) is 0 Å². The Morgan fingerprint density at radius 2 is 1.57 bits per heavy atom. The van der Waals surface area contributed by atoms with Crippen molar-refractivity contribution in [3.63, 3.8) is 0 Å². The summed E-state index contributed by atoms with van der Waals surface area (Å²) in [5.74, 6) is -0.627. The summed E-state index contributed by atoms with van der Waals surface area (Å²) in [5, 5.41) is 0. The number of carbonyl (C=O) groups excluding carboxylic acids is 2. The van der Waals surface area contributed by atoms with Crippen molar-refractivity contribution in [3.05, 3.63) is 0 Å². The van der Waals surface area contributed by atoms with Crippen LogP contribution in [0.1, 0.15) is 64.7 Å².